The molecule has 1 aliphatic heterocycles. The molecular weight excluding hydrogens is 484 g/mol. The zero-order valence-corrected chi connectivity index (χ0v) is 20.5. The number of nitrogens with one attached hydrogen (secondary N) is 2. The highest BCUT2D eigenvalue weighted by molar-refractivity contribution is 8.00. The smallest absolute Gasteiger partial charge is 0.315 e. The number of aliphatic carboxylic acids is 1. The molecule has 0 aliphatic carbocycles. The molecule has 0 radical (unpaired) electrons. The van der Waals surface area contributed by atoms with E-state index in [9.17, 15) is 14.7 Å². The molecule has 182 valence electrons. The summed E-state index contributed by atoms with van der Waals surface area (Å²) in [6.07, 6.45) is -0.255. The summed E-state index contributed by atoms with van der Waals surface area (Å²) in [5.74, 6) is 1.47. The summed E-state index contributed by atoms with van der Waals surface area (Å²) in [6.45, 7) is 0.121. The number of thioether (sulfide) groups is 2. The highest BCUT2D eigenvalue weighted by Crippen LogP contribution is 2.35. The topological polar surface area (TPSA) is 96.9 Å². The van der Waals surface area contributed by atoms with Crippen LogP contribution in [0.1, 0.15) is 18.0 Å². The first kappa shape index (κ1) is 24.8. The lowest BCUT2D eigenvalue weighted by Crippen LogP contribution is -2.46. The molecule has 0 aromatic heterocycles. The quantitative estimate of drug-likeness (QED) is 0.306. The van der Waals surface area contributed by atoms with Crippen LogP contribution in [-0.2, 0) is 4.79 Å². The molecule has 9 heteroatoms. The first-order valence-electron chi connectivity index (χ1n) is 11.1. The van der Waals surface area contributed by atoms with Crippen molar-refractivity contribution in [1.82, 2.24) is 10.6 Å². The van der Waals surface area contributed by atoms with Gasteiger partial charge in [0.2, 0.25) is 6.79 Å². The van der Waals surface area contributed by atoms with Crippen LogP contribution in [0.4, 0.5) is 4.79 Å². The third-order valence-corrected chi connectivity index (χ3v) is 7.56. The third kappa shape index (κ3) is 7.60. The molecule has 4 rings (SSSR count). The fourth-order valence-corrected chi connectivity index (χ4v) is 5.54. The minimum absolute atomic E-state index is 0.121. The van der Waals surface area contributed by atoms with E-state index in [4.69, 9.17) is 9.47 Å². The van der Waals surface area contributed by atoms with Gasteiger partial charge in [-0.05, 0) is 42.0 Å². The molecule has 35 heavy (non-hydrogen) atoms. The molecule has 3 N–H and O–H groups in total. The molecule has 1 atom stereocenters. The Hall–Kier alpha value is -3.30. The van der Waals surface area contributed by atoms with Crippen molar-refractivity contribution in [3.63, 3.8) is 0 Å². The number of carbonyl (C=O) groups is 2. The number of ether oxygens (including phenoxy) is 2. The largest absolute Gasteiger partial charge is 0.481 e. The molecular formula is C26H26N2O5S2. The summed E-state index contributed by atoms with van der Waals surface area (Å²) < 4.78 is 10.7. The van der Waals surface area contributed by atoms with Gasteiger partial charge in [0.15, 0.2) is 11.5 Å². The van der Waals surface area contributed by atoms with Crippen LogP contribution < -0.4 is 20.1 Å². The van der Waals surface area contributed by atoms with Crippen molar-refractivity contribution < 1.29 is 24.2 Å². The maximum atomic E-state index is 13.0. The van der Waals surface area contributed by atoms with E-state index in [1.165, 1.54) is 0 Å². The van der Waals surface area contributed by atoms with Gasteiger partial charge in [-0.25, -0.2) is 4.79 Å². The maximum Gasteiger partial charge on any atom is 0.315 e. The van der Waals surface area contributed by atoms with Crippen LogP contribution in [0.3, 0.4) is 0 Å². The lowest BCUT2D eigenvalue weighted by Gasteiger charge is -2.22. The number of fused-ring (bicyclic) bond motifs is 1. The fourth-order valence-electron chi connectivity index (χ4n) is 3.50. The monoisotopic (exact) mass is 510 g/mol. The summed E-state index contributed by atoms with van der Waals surface area (Å²) in [7, 11) is 0. The lowest BCUT2D eigenvalue weighted by atomic mass is 10.0. The van der Waals surface area contributed by atoms with Gasteiger partial charge in [-0.3, -0.25) is 4.79 Å². The van der Waals surface area contributed by atoms with Crippen LogP contribution in [-0.4, -0.2) is 41.4 Å². The number of carboxylic acid groups (broad SMARTS) is 1. The first-order chi connectivity index (χ1) is 17.1. The molecule has 1 heterocycles. The molecule has 0 bridgehead atoms. The maximum absolute atomic E-state index is 13.0. The molecule has 3 aromatic carbocycles. The van der Waals surface area contributed by atoms with Crippen molar-refractivity contribution in [3.8, 4) is 11.5 Å². The van der Waals surface area contributed by atoms with Gasteiger partial charge in [-0.2, -0.15) is 0 Å². The average molecular weight is 511 g/mol. The van der Waals surface area contributed by atoms with Crippen LogP contribution in [0.15, 0.2) is 88.7 Å². The molecule has 0 fully saturated rings. The Bertz CT molecular complexity index is 1090. The van der Waals surface area contributed by atoms with E-state index < -0.39 is 18.0 Å². The molecule has 7 nitrogen and oxygen atoms in total. The van der Waals surface area contributed by atoms with Gasteiger partial charge < -0.3 is 25.2 Å². The zero-order chi connectivity index (χ0) is 24.5. The van der Waals surface area contributed by atoms with Gasteiger partial charge in [0, 0.05) is 27.3 Å². The van der Waals surface area contributed by atoms with E-state index in [-0.39, 0.29) is 19.3 Å². The molecule has 0 spiro atoms. The molecule has 1 aliphatic rings. The Kier molecular flexibility index (Phi) is 8.80. The van der Waals surface area contributed by atoms with Gasteiger partial charge in [0.1, 0.15) is 0 Å². The van der Waals surface area contributed by atoms with Crippen molar-refractivity contribution in [3.05, 3.63) is 84.4 Å². The predicted octanol–water partition coefficient (Wildman–Crippen LogP) is 5.18. The van der Waals surface area contributed by atoms with E-state index in [2.05, 4.69) is 10.6 Å². The minimum atomic E-state index is -1.01. The number of carboxylic acids is 1. The minimum Gasteiger partial charge on any atom is -0.481 e. The van der Waals surface area contributed by atoms with Crippen LogP contribution in [0.25, 0.3) is 0 Å². The zero-order valence-electron chi connectivity index (χ0n) is 18.9. The van der Waals surface area contributed by atoms with E-state index in [0.717, 1.165) is 9.79 Å². The molecule has 3 aromatic rings. The third-order valence-electron chi connectivity index (χ3n) is 5.21. The Labute approximate surface area is 212 Å². The average Bonchev–Trinajstić information content (AvgIpc) is 3.34. The second-order valence-electron chi connectivity index (χ2n) is 7.83. The van der Waals surface area contributed by atoms with Gasteiger partial charge in [0.25, 0.3) is 0 Å². The number of amides is 2. The summed E-state index contributed by atoms with van der Waals surface area (Å²) in [4.78, 5) is 26.7. The SMILES string of the molecule is O=C(O)CC(NC(=O)NC(CSc1ccccc1)CSc1ccccc1)c1ccc2c(c1)OCO2. The Morgan fingerprint density at radius 1 is 0.829 bits per heavy atom. The van der Waals surface area contributed by atoms with Crippen LogP contribution in [0, 0.1) is 0 Å². The fraction of sp³-hybridized carbons (Fsp3) is 0.231. The van der Waals surface area contributed by atoms with Gasteiger partial charge in [0.05, 0.1) is 12.5 Å². The van der Waals surface area contributed by atoms with Crippen molar-refractivity contribution in [1.29, 1.82) is 0 Å². The standard InChI is InChI=1S/C26H26N2O5S2/c29-25(30)14-22(18-11-12-23-24(13-18)33-17-32-23)28-26(31)27-19(15-34-20-7-3-1-4-8-20)16-35-21-9-5-2-6-10-21/h1-13,19,22H,14-17H2,(H,29,30)(H2,27,28,31). The highest BCUT2D eigenvalue weighted by Gasteiger charge is 2.23. The van der Waals surface area contributed by atoms with Gasteiger partial charge >= 0.3 is 12.0 Å². The van der Waals surface area contributed by atoms with Crippen LogP contribution in [0.5, 0.6) is 11.5 Å². The summed E-state index contributed by atoms with van der Waals surface area (Å²) >= 11 is 3.33. The van der Waals surface area contributed by atoms with Crippen molar-refractivity contribution in [2.45, 2.75) is 28.3 Å². The number of urea groups is 1. The first-order valence-corrected chi connectivity index (χ1v) is 13.1. The molecule has 1 unspecified atom stereocenters. The second-order valence-corrected chi connectivity index (χ2v) is 10.0. The Morgan fingerprint density at radius 3 is 2.03 bits per heavy atom. The lowest BCUT2D eigenvalue weighted by molar-refractivity contribution is -0.137. The van der Waals surface area contributed by atoms with Crippen LogP contribution in [0.2, 0.25) is 0 Å². The van der Waals surface area contributed by atoms with E-state index in [1.807, 2.05) is 60.7 Å². The van der Waals surface area contributed by atoms with E-state index in [1.54, 1.807) is 41.7 Å². The summed E-state index contributed by atoms with van der Waals surface area (Å²) in [6, 6.07) is 23.9. The number of rotatable bonds is 11. The summed E-state index contributed by atoms with van der Waals surface area (Å²) in [5, 5.41) is 15.3. The van der Waals surface area contributed by atoms with Crippen LogP contribution >= 0.6 is 23.5 Å². The Morgan fingerprint density at radius 2 is 1.43 bits per heavy atom. The second kappa shape index (κ2) is 12.4. The van der Waals surface area contributed by atoms with Gasteiger partial charge in [-0.1, -0.05) is 42.5 Å². The van der Waals surface area contributed by atoms with Crippen molar-refractivity contribution in [2.24, 2.45) is 0 Å². The van der Waals surface area contributed by atoms with E-state index in [0.29, 0.717) is 28.6 Å². The molecule has 0 saturated heterocycles. The molecule has 0 saturated carbocycles. The number of hydrogen-bond acceptors (Lipinski definition) is 6. The van der Waals surface area contributed by atoms with Crippen molar-refractivity contribution in [2.75, 3.05) is 18.3 Å². The molecule has 2 amide bonds. The number of carbonyl (C=O) groups excluding carboxylic acids is 1. The number of benzene rings is 3. The van der Waals surface area contributed by atoms with E-state index >= 15 is 0 Å². The normalized spacial score (nSPS) is 12.8. The predicted molar refractivity (Wildman–Crippen MR) is 137 cm³/mol. The highest BCUT2D eigenvalue weighted by atomic mass is 32.2. The summed E-state index contributed by atoms with van der Waals surface area (Å²) in [5.41, 5.74) is 0.640. The van der Waals surface area contributed by atoms with Gasteiger partial charge in [-0.15, -0.1) is 23.5 Å². The Balaban J connectivity index is 1.42. The van der Waals surface area contributed by atoms with Crippen molar-refractivity contribution >= 4 is 35.5 Å². The number of hydrogen-bond donors (Lipinski definition) is 3.